The van der Waals surface area contributed by atoms with E-state index in [1.54, 1.807) is 0 Å². The quantitative estimate of drug-likeness (QED) is 0.840. The van der Waals surface area contributed by atoms with Crippen LogP contribution in [0.5, 0.6) is 0 Å². The van der Waals surface area contributed by atoms with Gasteiger partial charge in [0.05, 0.1) is 0 Å². The Morgan fingerprint density at radius 1 is 1.39 bits per heavy atom. The first-order valence-electron chi connectivity index (χ1n) is 8.21. The number of hydrogen-bond acceptors (Lipinski definition) is 3. The average molecular weight is 383 g/mol. The SMILES string of the molecule is CC(NCC1CCN(C(=O)OC(C)(C)C)C1)c1ccc(Br)cc1. The molecule has 1 saturated heterocycles. The maximum atomic E-state index is 12.1. The summed E-state index contributed by atoms with van der Waals surface area (Å²) in [6.45, 7) is 10.4. The fraction of sp³-hybridized carbons (Fsp3) is 0.611. The molecule has 5 heteroatoms. The fourth-order valence-electron chi connectivity index (χ4n) is 2.70. The monoisotopic (exact) mass is 382 g/mol. The van der Waals surface area contributed by atoms with Gasteiger partial charge in [-0.25, -0.2) is 4.79 Å². The number of carbonyl (C=O) groups is 1. The van der Waals surface area contributed by atoms with Gasteiger partial charge in [-0.1, -0.05) is 28.1 Å². The Labute approximate surface area is 147 Å². The van der Waals surface area contributed by atoms with Crippen molar-refractivity contribution in [2.45, 2.75) is 45.8 Å². The highest BCUT2D eigenvalue weighted by Crippen LogP contribution is 2.21. The van der Waals surface area contributed by atoms with Crippen LogP contribution in [0.1, 0.15) is 45.7 Å². The van der Waals surface area contributed by atoms with Crippen molar-refractivity contribution in [1.29, 1.82) is 0 Å². The molecule has 0 radical (unpaired) electrons. The molecule has 1 aliphatic heterocycles. The summed E-state index contributed by atoms with van der Waals surface area (Å²) in [6, 6.07) is 8.69. The van der Waals surface area contributed by atoms with Gasteiger partial charge in [0.15, 0.2) is 0 Å². The van der Waals surface area contributed by atoms with Crippen molar-refractivity contribution in [2.24, 2.45) is 5.92 Å². The molecule has 2 rings (SSSR count). The minimum Gasteiger partial charge on any atom is -0.444 e. The Kier molecular flexibility index (Phi) is 6.09. The summed E-state index contributed by atoms with van der Waals surface area (Å²) >= 11 is 3.46. The van der Waals surface area contributed by atoms with Gasteiger partial charge in [-0.05, 0) is 57.7 Å². The Morgan fingerprint density at radius 3 is 2.65 bits per heavy atom. The molecule has 2 atom stereocenters. The number of rotatable bonds is 4. The predicted octanol–water partition coefficient (Wildman–Crippen LogP) is 4.36. The minimum atomic E-state index is -0.427. The number of halogens is 1. The Morgan fingerprint density at radius 2 is 2.04 bits per heavy atom. The lowest BCUT2D eigenvalue weighted by atomic mass is 10.1. The third-order valence-electron chi connectivity index (χ3n) is 4.02. The van der Waals surface area contributed by atoms with Crippen molar-refractivity contribution in [3.63, 3.8) is 0 Å². The normalized spacial score (nSPS) is 19.7. The molecule has 0 saturated carbocycles. The lowest BCUT2D eigenvalue weighted by molar-refractivity contribution is 0.0288. The van der Waals surface area contributed by atoms with E-state index in [4.69, 9.17) is 4.74 Å². The van der Waals surface area contributed by atoms with Crippen molar-refractivity contribution < 1.29 is 9.53 Å². The van der Waals surface area contributed by atoms with Gasteiger partial charge < -0.3 is 15.0 Å². The van der Waals surface area contributed by atoms with Gasteiger partial charge in [0.1, 0.15) is 5.60 Å². The summed E-state index contributed by atoms with van der Waals surface area (Å²) in [5.74, 6) is 0.486. The van der Waals surface area contributed by atoms with Gasteiger partial charge in [-0.3, -0.25) is 0 Å². The third kappa shape index (κ3) is 5.81. The standard InChI is InChI=1S/C18H27BrN2O2/c1-13(15-5-7-16(19)8-6-15)20-11-14-9-10-21(12-14)17(22)23-18(2,3)4/h5-8,13-14,20H,9-12H2,1-4H3. The highest BCUT2D eigenvalue weighted by Gasteiger charge is 2.29. The van der Waals surface area contributed by atoms with Crippen molar-refractivity contribution in [2.75, 3.05) is 19.6 Å². The van der Waals surface area contributed by atoms with Gasteiger partial charge in [0.2, 0.25) is 0 Å². The third-order valence-corrected chi connectivity index (χ3v) is 4.55. The van der Waals surface area contributed by atoms with E-state index in [0.717, 1.165) is 30.5 Å². The van der Waals surface area contributed by atoms with Crippen LogP contribution in [0.3, 0.4) is 0 Å². The second-order valence-electron chi connectivity index (χ2n) is 7.26. The Balaban J connectivity index is 1.77. The summed E-state index contributed by atoms with van der Waals surface area (Å²) in [5.41, 5.74) is 0.846. The molecule has 0 aromatic heterocycles. The van der Waals surface area contributed by atoms with Gasteiger partial charge in [-0.15, -0.1) is 0 Å². The maximum absolute atomic E-state index is 12.1. The Hall–Kier alpha value is -1.07. The largest absolute Gasteiger partial charge is 0.444 e. The molecule has 1 amide bonds. The average Bonchev–Trinajstić information content (AvgIpc) is 2.93. The van der Waals surface area contributed by atoms with Crippen molar-refractivity contribution in [1.82, 2.24) is 10.2 Å². The lowest BCUT2D eigenvalue weighted by Gasteiger charge is -2.24. The first-order chi connectivity index (χ1) is 10.7. The van der Waals surface area contributed by atoms with Crippen molar-refractivity contribution in [3.05, 3.63) is 34.3 Å². The minimum absolute atomic E-state index is 0.194. The van der Waals surface area contributed by atoms with Gasteiger partial charge in [0.25, 0.3) is 0 Å². The molecular formula is C18H27BrN2O2. The summed E-state index contributed by atoms with van der Waals surface area (Å²) in [4.78, 5) is 13.9. The van der Waals surface area contributed by atoms with Crippen LogP contribution in [0, 0.1) is 5.92 Å². The van der Waals surface area contributed by atoms with Crippen LogP contribution in [0.15, 0.2) is 28.7 Å². The molecule has 1 heterocycles. The van der Waals surface area contributed by atoms with Gasteiger partial charge in [-0.2, -0.15) is 0 Å². The smallest absolute Gasteiger partial charge is 0.410 e. The summed E-state index contributed by atoms with van der Waals surface area (Å²) < 4.78 is 6.53. The van der Waals surface area contributed by atoms with Crippen LogP contribution in [-0.4, -0.2) is 36.2 Å². The van der Waals surface area contributed by atoms with Crippen molar-refractivity contribution in [3.8, 4) is 0 Å². The number of nitrogens with one attached hydrogen (secondary N) is 1. The zero-order valence-electron chi connectivity index (χ0n) is 14.4. The van der Waals surface area contributed by atoms with E-state index >= 15 is 0 Å². The molecule has 1 aliphatic rings. The molecule has 0 aliphatic carbocycles. The molecule has 1 aromatic carbocycles. The van der Waals surface area contributed by atoms with E-state index in [1.807, 2.05) is 25.7 Å². The van der Waals surface area contributed by atoms with E-state index in [2.05, 4.69) is 52.4 Å². The summed E-state index contributed by atoms with van der Waals surface area (Å²) in [6.07, 6.45) is 0.834. The number of benzene rings is 1. The Bertz CT molecular complexity index is 525. The van der Waals surface area contributed by atoms with Crippen LogP contribution in [0.4, 0.5) is 4.79 Å². The molecule has 0 spiro atoms. The van der Waals surface area contributed by atoms with Crippen LogP contribution >= 0.6 is 15.9 Å². The highest BCUT2D eigenvalue weighted by molar-refractivity contribution is 9.10. The maximum Gasteiger partial charge on any atom is 0.410 e. The molecule has 1 fully saturated rings. The highest BCUT2D eigenvalue weighted by atomic mass is 79.9. The topological polar surface area (TPSA) is 41.6 Å². The number of carbonyl (C=O) groups excluding carboxylic acids is 1. The molecule has 4 nitrogen and oxygen atoms in total. The molecule has 1 N–H and O–H groups in total. The molecule has 23 heavy (non-hydrogen) atoms. The molecular weight excluding hydrogens is 356 g/mol. The van der Waals surface area contributed by atoms with E-state index in [1.165, 1.54) is 5.56 Å². The number of amides is 1. The number of likely N-dealkylation sites (tertiary alicyclic amines) is 1. The second-order valence-corrected chi connectivity index (χ2v) is 8.18. The first kappa shape index (κ1) is 18.3. The van der Waals surface area contributed by atoms with Crippen molar-refractivity contribution >= 4 is 22.0 Å². The first-order valence-corrected chi connectivity index (χ1v) is 9.00. The van der Waals surface area contributed by atoms with Crippen LogP contribution < -0.4 is 5.32 Å². The van der Waals surface area contributed by atoms with E-state index < -0.39 is 5.60 Å². The zero-order valence-corrected chi connectivity index (χ0v) is 16.0. The lowest BCUT2D eigenvalue weighted by Crippen LogP contribution is -2.36. The fourth-order valence-corrected chi connectivity index (χ4v) is 2.97. The molecule has 0 bridgehead atoms. The van der Waals surface area contributed by atoms with E-state index in [9.17, 15) is 4.79 Å². The zero-order chi connectivity index (χ0) is 17.0. The second kappa shape index (κ2) is 7.67. The molecule has 2 unspecified atom stereocenters. The molecule has 1 aromatic rings. The summed E-state index contributed by atoms with van der Waals surface area (Å²) in [7, 11) is 0. The van der Waals surface area contributed by atoms with Crippen LogP contribution in [-0.2, 0) is 4.74 Å². The number of nitrogens with zero attached hydrogens (tertiary/aromatic N) is 1. The number of ether oxygens (including phenoxy) is 1. The van der Waals surface area contributed by atoms with E-state index in [-0.39, 0.29) is 6.09 Å². The van der Waals surface area contributed by atoms with Gasteiger partial charge >= 0.3 is 6.09 Å². The molecule has 128 valence electrons. The predicted molar refractivity (Wildman–Crippen MR) is 96.5 cm³/mol. The van der Waals surface area contributed by atoms with Gasteiger partial charge in [0, 0.05) is 30.1 Å². The van der Waals surface area contributed by atoms with Crippen LogP contribution in [0.2, 0.25) is 0 Å². The van der Waals surface area contributed by atoms with E-state index in [0.29, 0.717) is 12.0 Å². The number of hydrogen-bond donors (Lipinski definition) is 1. The van der Waals surface area contributed by atoms with Crippen LogP contribution in [0.25, 0.3) is 0 Å². The summed E-state index contributed by atoms with van der Waals surface area (Å²) in [5, 5.41) is 3.57.